The minimum Gasteiger partial charge on any atom is -0.490 e. The molecule has 10 nitrogen and oxygen atoms in total. The maximum atomic E-state index is 17.2. The van der Waals surface area contributed by atoms with E-state index in [1.54, 1.807) is 17.0 Å². The predicted octanol–water partition coefficient (Wildman–Crippen LogP) is 8.31. The Hall–Kier alpha value is -5.01. The van der Waals surface area contributed by atoms with E-state index in [1.807, 2.05) is 20.0 Å². The number of nitriles is 1. The topological polar surface area (TPSA) is 139 Å². The quantitative estimate of drug-likeness (QED) is 0.156. The number of rotatable bonds is 7. The van der Waals surface area contributed by atoms with Crippen molar-refractivity contribution in [3.05, 3.63) is 58.8 Å². The van der Waals surface area contributed by atoms with Gasteiger partial charge >= 0.3 is 12.2 Å². The second-order valence-electron chi connectivity index (χ2n) is 13.9. The number of anilines is 3. The standard InChI is InChI=1S/C33H29F5N8O2S.C5H10/c1-15(20-6-4-10-45(20)2)48-32-43-26-23-27(47-12-11-46(31(23)44-32)14-16-5-3-9-42-29(16)40)24(33(36,37)38)22(25(26)35)17-7-8-19(34)28-21(17)18(13-39)30(41)49-28;1-2-5-3-4-5/h3,5,7-9,15,20H,4,6,10-12,14,41H2,1-2H3,(H2,40,42);5H,2-4H2,1H3. The van der Waals surface area contributed by atoms with Crippen LogP contribution in [0.1, 0.15) is 62.6 Å². The average Bonchev–Trinajstić information content (AvgIpc) is 3.82. The van der Waals surface area contributed by atoms with Crippen LogP contribution in [0.4, 0.5) is 38.6 Å². The number of ether oxygens (including phenoxy) is 2. The first-order valence-electron chi connectivity index (χ1n) is 17.8. The van der Waals surface area contributed by atoms with Gasteiger partial charge in [0, 0.05) is 35.3 Å². The number of thiophene rings is 1. The highest BCUT2D eigenvalue weighted by Crippen LogP contribution is 2.53. The molecule has 4 N–H and O–H groups in total. The van der Waals surface area contributed by atoms with Crippen molar-refractivity contribution in [1.82, 2.24) is 19.9 Å². The molecule has 2 unspecified atom stereocenters. The first-order valence-corrected chi connectivity index (χ1v) is 18.6. The van der Waals surface area contributed by atoms with Crippen LogP contribution >= 0.6 is 11.3 Å². The summed E-state index contributed by atoms with van der Waals surface area (Å²) in [6, 6.07) is 6.88. The zero-order valence-corrected chi connectivity index (χ0v) is 30.8. The first kappa shape index (κ1) is 37.3. The van der Waals surface area contributed by atoms with Gasteiger partial charge in [0.2, 0.25) is 0 Å². The molecule has 16 heteroatoms. The number of nitrogens with zero attached hydrogens (tertiary/aromatic N) is 6. The molecule has 2 aliphatic heterocycles. The molecule has 1 saturated carbocycles. The first-order chi connectivity index (χ1) is 25.8. The van der Waals surface area contributed by atoms with Crippen molar-refractivity contribution in [1.29, 1.82) is 5.26 Å². The van der Waals surface area contributed by atoms with Gasteiger partial charge in [0.1, 0.15) is 58.1 Å². The van der Waals surface area contributed by atoms with Crippen molar-refractivity contribution >= 4 is 49.0 Å². The third-order valence-corrected chi connectivity index (χ3v) is 11.4. The van der Waals surface area contributed by atoms with Crippen LogP contribution in [0, 0.1) is 28.9 Å². The highest BCUT2D eigenvalue weighted by Gasteiger charge is 2.44. The van der Waals surface area contributed by atoms with Crippen LogP contribution < -0.4 is 25.8 Å². The Bertz CT molecular complexity index is 2270. The van der Waals surface area contributed by atoms with E-state index in [9.17, 15) is 9.65 Å². The number of alkyl halides is 3. The van der Waals surface area contributed by atoms with Crippen LogP contribution in [0.25, 0.3) is 32.1 Å². The number of fused-ring (bicyclic) bond motifs is 1. The van der Waals surface area contributed by atoms with Gasteiger partial charge in [-0.15, -0.1) is 11.3 Å². The van der Waals surface area contributed by atoms with Crippen LogP contribution in [-0.2, 0) is 12.7 Å². The third kappa shape index (κ3) is 6.90. The molecule has 0 radical (unpaired) electrons. The van der Waals surface area contributed by atoms with Crippen LogP contribution in [0.5, 0.6) is 11.8 Å². The highest BCUT2D eigenvalue weighted by atomic mass is 32.1. The lowest BCUT2D eigenvalue weighted by molar-refractivity contribution is -0.138. The number of pyridine rings is 1. The summed E-state index contributed by atoms with van der Waals surface area (Å²) in [6.45, 7) is 4.77. The van der Waals surface area contributed by atoms with E-state index in [0.717, 1.165) is 37.4 Å². The summed E-state index contributed by atoms with van der Waals surface area (Å²) in [4.78, 5) is 16.8. The fourth-order valence-electron chi connectivity index (χ4n) is 7.33. The van der Waals surface area contributed by atoms with Crippen molar-refractivity contribution in [2.45, 2.75) is 70.8 Å². The monoisotopic (exact) mass is 766 g/mol. The van der Waals surface area contributed by atoms with Crippen molar-refractivity contribution in [3.8, 4) is 29.0 Å². The fraction of sp³-hybridized carbons (Fsp3) is 0.421. The van der Waals surface area contributed by atoms with Crippen LogP contribution in [0.2, 0.25) is 0 Å². The molecule has 1 saturated heterocycles. The lowest BCUT2D eigenvalue weighted by atomic mass is 9.91. The minimum atomic E-state index is -5.19. The number of aromatic nitrogens is 3. The number of benzene rings is 2. The molecule has 284 valence electrons. The number of nitrogen functional groups attached to an aromatic ring is 2. The molecule has 0 bridgehead atoms. The third-order valence-electron chi connectivity index (χ3n) is 10.4. The van der Waals surface area contributed by atoms with Gasteiger partial charge in [-0.1, -0.05) is 38.3 Å². The summed E-state index contributed by atoms with van der Waals surface area (Å²) in [5.74, 6) is -1.62. The number of hydrogen-bond acceptors (Lipinski definition) is 11. The summed E-state index contributed by atoms with van der Waals surface area (Å²) in [5, 5.41) is 9.19. The van der Waals surface area contributed by atoms with E-state index in [0.29, 0.717) is 16.9 Å². The lowest BCUT2D eigenvalue weighted by Gasteiger charge is -2.27. The van der Waals surface area contributed by atoms with Gasteiger partial charge in [-0.25, -0.2) is 13.8 Å². The lowest BCUT2D eigenvalue weighted by Crippen LogP contribution is -2.38. The van der Waals surface area contributed by atoms with Gasteiger partial charge in [0.25, 0.3) is 0 Å². The molecule has 3 aliphatic rings. The SMILES string of the molecule is CC(Oc1nc2c3c(c(C(F)(F)F)c(-c4ccc(F)c5sc(N)c(C#N)c45)c(F)c3n1)OCCN2Cc1cccnc1N)C1CCCN1C.CCC1CC1. The van der Waals surface area contributed by atoms with E-state index < -0.39 is 46.3 Å². The van der Waals surface area contributed by atoms with Crippen LogP contribution in [0.3, 0.4) is 0 Å². The molecule has 0 spiro atoms. The van der Waals surface area contributed by atoms with E-state index >= 15 is 17.6 Å². The average molecular weight is 767 g/mol. The van der Waals surface area contributed by atoms with Crippen molar-refractivity contribution in [3.63, 3.8) is 0 Å². The Balaban J connectivity index is 0.000000833. The largest absolute Gasteiger partial charge is 0.490 e. The molecular weight excluding hydrogens is 728 g/mol. The molecule has 8 rings (SSSR count). The summed E-state index contributed by atoms with van der Waals surface area (Å²) < 4.78 is 89.9. The molecule has 54 heavy (non-hydrogen) atoms. The van der Waals surface area contributed by atoms with Crippen LogP contribution in [0.15, 0.2) is 30.5 Å². The van der Waals surface area contributed by atoms with Crippen molar-refractivity contribution in [2.24, 2.45) is 5.92 Å². The Labute approximate surface area is 312 Å². The minimum absolute atomic E-state index is 0.00224. The second-order valence-corrected chi connectivity index (χ2v) is 14.9. The second kappa shape index (κ2) is 14.7. The summed E-state index contributed by atoms with van der Waals surface area (Å²) in [6.07, 6.45) is 2.08. The van der Waals surface area contributed by atoms with Crippen LogP contribution in [-0.4, -0.2) is 58.7 Å². The number of likely N-dealkylation sites (tertiary alicyclic amines) is 1. The summed E-state index contributed by atoms with van der Waals surface area (Å²) >= 11 is 0.686. The van der Waals surface area contributed by atoms with Gasteiger partial charge in [-0.3, -0.25) is 4.90 Å². The molecule has 2 atom stereocenters. The Kier molecular flexibility index (Phi) is 10.1. The van der Waals surface area contributed by atoms with Gasteiger partial charge in [0.05, 0.1) is 22.2 Å². The Morgan fingerprint density at radius 3 is 2.52 bits per heavy atom. The smallest absolute Gasteiger partial charge is 0.420 e. The van der Waals surface area contributed by atoms with Crippen molar-refractivity contribution < 1.29 is 31.4 Å². The maximum absolute atomic E-state index is 17.2. The normalized spacial score (nSPS) is 17.8. The van der Waals surface area contributed by atoms with E-state index in [1.165, 1.54) is 25.5 Å². The number of nitrogens with two attached hydrogens (primary N) is 2. The number of hydrogen-bond donors (Lipinski definition) is 2. The fourth-order valence-corrected chi connectivity index (χ4v) is 8.28. The van der Waals surface area contributed by atoms with E-state index in [2.05, 4.69) is 26.8 Å². The molecule has 2 aromatic carbocycles. The molecule has 0 amide bonds. The molecular formula is C38H39F5N8O2S. The maximum Gasteiger partial charge on any atom is 0.420 e. The molecule has 2 fully saturated rings. The number of likely N-dealkylation sites (N-methyl/N-ethyl adjacent to an activating group) is 1. The summed E-state index contributed by atoms with van der Waals surface area (Å²) in [7, 11) is 1.96. The highest BCUT2D eigenvalue weighted by molar-refractivity contribution is 7.23. The molecule has 3 aromatic heterocycles. The van der Waals surface area contributed by atoms with Gasteiger partial charge < -0.3 is 25.8 Å². The molecule has 1 aliphatic carbocycles. The molecule has 5 aromatic rings. The Morgan fingerprint density at radius 1 is 1.11 bits per heavy atom. The zero-order valence-electron chi connectivity index (χ0n) is 29.9. The molecule has 5 heterocycles. The van der Waals surface area contributed by atoms with Gasteiger partial charge in [0.15, 0.2) is 5.82 Å². The van der Waals surface area contributed by atoms with Gasteiger partial charge in [-0.05, 0) is 57.0 Å². The van der Waals surface area contributed by atoms with E-state index in [-0.39, 0.29) is 75.0 Å². The Morgan fingerprint density at radius 2 is 1.89 bits per heavy atom. The van der Waals surface area contributed by atoms with Crippen molar-refractivity contribution in [2.75, 3.05) is 43.1 Å². The zero-order chi connectivity index (χ0) is 38.5. The van der Waals surface area contributed by atoms with E-state index in [4.69, 9.17) is 20.9 Å². The number of halogens is 5. The van der Waals surface area contributed by atoms with Gasteiger partial charge in [-0.2, -0.15) is 28.4 Å². The predicted molar refractivity (Wildman–Crippen MR) is 198 cm³/mol. The summed E-state index contributed by atoms with van der Waals surface area (Å²) in [5.41, 5.74) is 9.08.